The summed E-state index contributed by atoms with van der Waals surface area (Å²) >= 11 is -8.38. The second-order valence-electron chi connectivity index (χ2n) is 5.67. The van der Waals surface area contributed by atoms with Gasteiger partial charge in [0.05, 0.1) is 0 Å². The zero-order chi connectivity index (χ0) is 24.6. The molecule has 0 saturated carbocycles. The van der Waals surface area contributed by atoms with Crippen molar-refractivity contribution in [1.29, 1.82) is 0 Å². The Labute approximate surface area is 199 Å². The van der Waals surface area contributed by atoms with Crippen molar-refractivity contribution in [3.8, 4) is 0 Å². The van der Waals surface area contributed by atoms with E-state index in [0.717, 1.165) is 31.4 Å². The summed E-state index contributed by atoms with van der Waals surface area (Å²) in [5.41, 5.74) is 19.4. The van der Waals surface area contributed by atoms with E-state index < -0.39 is 32.7 Å². The van der Waals surface area contributed by atoms with Crippen LogP contribution in [0.25, 0.3) is 17.2 Å². The molecule has 31 heavy (non-hydrogen) atoms. The molecule has 0 amide bonds. The zero-order valence-electron chi connectivity index (χ0n) is 17.5. The summed E-state index contributed by atoms with van der Waals surface area (Å²) in [6, 6.07) is 1.90. The number of hydrogen-bond acceptors (Lipinski definition) is 0. The van der Waals surface area contributed by atoms with Gasteiger partial charge in [-0.15, -0.1) is 0 Å². The van der Waals surface area contributed by atoms with Crippen molar-refractivity contribution in [3.63, 3.8) is 0 Å². The van der Waals surface area contributed by atoms with Gasteiger partial charge in [0.1, 0.15) is 0 Å². The van der Waals surface area contributed by atoms with Crippen molar-refractivity contribution < 1.29 is 65.7 Å². The Morgan fingerprint density at radius 3 is 0.935 bits per heavy atom. The van der Waals surface area contributed by atoms with Crippen molar-refractivity contribution in [2.45, 2.75) is 55.1 Å². The van der Waals surface area contributed by atoms with E-state index in [2.05, 4.69) is 0 Å². The molecule has 0 saturated heterocycles. The summed E-state index contributed by atoms with van der Waals surface area (Å²) in [5.74, 6) is 0. The van der Waals surface area contributed by atoms with Crippen molar-refractivity contribution in [2.75, 3.05) is 19.6 Å². The molecule has 182 valence electrons. The molecule has 0 radical (unpaired) electrons. The first-order chi connectivity index (χ1) is 13.6. The molecule has 3 N–H and O–H groups in total. The molecular formula is C17H28F9GeN3Zr. The summed E-state index contributed by atoms with van der Waals surface area (Å²) in [5, 5.41) is -19.1. The topological polar surface area (TPSA) is 71.4 Å². The maximum Gasteiger partial charge on any atom is 4.00 e. The molecule has 0 aromatic heterocycles. The molecule has 1 aromatic rings. The normalized spacial score (nSPS) is 11.6. The third-order valence-corrected chi connectivity index (χ3v) is 11.0. The van der Waals surface area contributed by atoms with Gasteiger partial charge in [0.25, 0.3) is 0 Å². The van der Waals surface area contributed by atoms with Crippen molar-refractivity contribution in [1.82, 2.24) is 0 Å². The first-order valence-electron chi connectivity index (χ1n) is 8.96. The fourth-order valence-corrected chi connectivity index (χ4v) is 7.13. The number of alkyl halides is 9. The van der Waals surface area contributed by atoms with Gasteiger partial charge in [-0.3, -0.25) is 0 Å². The molecule has 0 fully saturated rings. The molecule has 3 nitrogen and oxygen atoms in total. The third kappa shape index (κ3) is 12.7. The van der Waals surface area contributed by atoms with E-state index in [0.29, 0.717) is 19.6 Å². The summed E-state index contributed by atoms with van der Waals surface area (Å²) in [6.07, 6.45) is 2.96. The number of nitrogens with one attached hydrogen (secondary N) is 3. The minimum atomic E-state index is -8.38. The van der Waals surface area contributed by atoms with Crippen LogP contribution in [-0.4, -0.2) is 47.9 Å². The van der Waals surface area contributed by atoms with E-state index in [4.69, 9.17) is 17.2 Å². The van der Waals surface area contributed by atoms with Gasteiger partial charge in [-0.2, -0.15) is 19.6 Å². The van der Waals surface area contributed by atoms with E-state index in [9.17, 15) is 39.5 Å². The molecular weight excluding hydrogens is 581 g/mol. The Morgan fingerprint density at radius 2 is 0.806 bits per heavy atom. The number of hydrogen-bond donors (Lipinski definition) is 0. The Kier molecular flexibility index (Phi) is 22.8. The van der Waals surface area contributed by atoms with Gasteiger partial charge >= 0.3 is 123 Å². The summed E-state index contributed by atoms with van der Waals surface area (Å²) < 4.78 is 111. The van der Waals surface area contributed by atoms with E-state index >= 15 is 0 Å². The van der Waals surface area contributed by atoms with E-state index in [1.165, 1.54) is 0 Å². The quantitative estimate of drug-likeness (QED) is 0.191. The SMILES string of the molecule is CCC[NH-].CCC[NH-].CCC[NH-].F[C](F)(F)[Ge]([c-]1cccc1)([C](F)(F)F)[C](F)(F)F.[Zr+4]. The van der Waals surface area contributed by atoms with Crippen LogP contribution in [0.2, 0.25) is 0 Å². The Morgan fingerprint density at radius 1 is 0.613 bits per heavy atom. The Bertz CT molecular complexity index is 453. The molecule has 0 heterocycles. The standard InChI is InChI=1S/C8H4F9Ge.3C3H8N.Zr/c9-6(10,11)18(7(12,13)14,8(15,16)17)5-3-1-2-4-5;3*1-2-3-4;/h1-4H;3*4H,2-3H2,1H3;/q4*-1;+4. The summed E-state index contributed by atoms with van der Waals surface area (Å²) in [7, 11) is 0. The fraction of sp³-hybridized carbons (Fsp3) is 0.706. The van der Waals surface area contributed by atoms with Crippen molar-refractivity contribution in [3.05, 3.63) is 41.5 Å². The van der Waals surface area contributed by atoms with Crippen LogP contribution in [0.15, 0.2) is 24.3 Å². The number of halogens is 9. The average Bonchev–Trinajstić information content (AvgIpc) is 3.13. The van der Waals surface area contributed by atoms with Gasteiger partial charge in [-0.05, 0) is 0 Å². The average molecular weight is 609 g/mol. The van der Waals surface area contributed by atoms with Crippen LogP contribution < -0.4 is 4.40 Å². The maximum atomic E-state index is 12.6. The van der Waals surface area contributed by atoms with E-state index in [1.54, 1.807) is 0 Å². The second-order valence-corrected chi connectivity index (χ2v) is 13.6. The van der Waals surface area contributed by atoms with Gasteiger partial charge in [0.15, 0.2) is 0 Å². The van der Waals surface area contributed by atoms with Gasteiger partial charge in [0, 0.05) is 0 Å². The number of rotatable bonds is 4. The fourth-order valence-electron chi connectivity index (χ4n) is 1.60. The smallest absolute Gasteiger partial charge is 4.00 e. The van der Waals surface area contributed by atoms with Crippen LogP contribution in [0.3, 0.4) is 0 Å². The molecule has 0 atom stereocenters. The van der Waals surface area contributed by atoms with Crippen molar-refractivity contribution in [2.24, 2.45) is 0 Å². The van der Waals surface area contributed by atoms with E-state index in [1.807, 2.05) is 20.8 Å². The van der Waals surface area contributed by atoms with E-state index in [-0.39, 0.29) is 38.3 Å². The zero-order valence-corrected chi connectivity index (χ0v) is 22.0. The van der Waals surface area contributed by atoms with Gasteiger partial charge < -0.3 is 17.2 Å². The van der Waals surface area contributed by atoms with Gasteiger partial charge in [-0.1, -0.05) is 40.0 Å². The molecule has 0 aliphatic rings. The Hall–Kier alpha value is 0.0260. The van der Waals surface area contributed by atoms with Crippen LogP contribution in [-0.2, 0) is 26.2 Å². The molecule has 0 aliphatic carbocycles. The second kappa shape index (κ2) is 18.5. The summed E-state index contributed by atoms with van der Waals surface area (Å²) in [4.78, 5) is 0. The molecule has 14 heteroatoms. The molecule has 1 aromatic carbocycles. The summed E-state index contributed by atoms with van der Waals surface area (Å²) in [6.45, 7) is 7.69. The van der Waals surface area contributed by atoms with Crippen LogP contribution in [0.4, 0.5) is 39.5 Å². The van der Waals surface area contributed by atoms with Gasteiger partial charge in [-0.25, -0.2) is 0 Å². The molecule has 0 bridgehead atoms. The maximum absolute atomic E-state index is 12.6. The van der Waals surface area contributed by atoms with Crippen molar-refractivity contribution >= 4 is 17.7 Å². The molecule has 0 spiro atoms. The first-order valence-corrected chi connectivity index (χ1v) is 13.2. The predicted molar refractivity (Wildman–Crippen MR) is 104 cm³/mol. The van der Waals surface area contributed by atoms with Crippen LogP contribution in [0.1, 0.15) is 40.0 Å². The van der Waals surface area contributed by atoms with Crippen LogP contribution in [0, 0.1) is 0 Å². The molecule has 0 aliphatic heterocycles. The third-order valence-electron chi connectivity index (χ3n) is 3.12. The minimum absolute atomic E-state index is 0. The molecule has 0 unspecified atom stereocenters. The van der Waals surface area contributed by atoms with Crippen LogP contribution >= 0.6 is 0 Å². The first kappa shape index (κ1) is 38.3. The predicted octanol–water partition coefficient (Wildman–Crippen LogP) is 7.71. The largest absolute Gasteiger partial charge is 4.00 e. The van der Waals surface area contributed by atoms with Gasteiger partial charge in [0.2, 0.25) is 0 Å². The monoisotopic (exact) mass is 609 g/mol. The Balaban J connectivity index is -0.000000232. The van der Waals surface area contributed by atoms with Crippen LogP contribution in [0.5, 0.6) is 0 Å². The molecule has 1 rings (SSSR count). The minimum Gasteiger partial charge on any atom is 4.00 e.